The highest BCUT2D eigenvalue weighted by Crippen LogP contribution is 2.32. The van der Waals surface area contributed by atoms with Crippen molar-refractivity contribution in [2.75, 3.05) is 0 Å². The Morgan fingerprint density at radius 1 is 0.850 bits per heavy atom. The molecule has 0 aliphatic carbocycles. The topological polar surface area (TPSA) is 142 Å². The maximum Gasteiger partial charge on any atom is 0.338 e. The Labute approximate surface area is 236 Å². The molecule has 3 N–H and O–H groups in total. The smallest absolute Gasteiger partial charge is 0.338 e. The minimum atomic E-state index is -1.80. The molecule has 0 amide bonds. The Morgan fingerprint density at radius 2 is 1.40 bits per heavy atom. The molecular weight excluding hydrogens is 514 g/mol. The van der Waals surface area contributed by atoms with Gasteiger partial charge in [-0.15, -0.1) is 0 Å². The summed E-state index contributed by atoms with van der Waals surface area (Å²) in [5.74, 6) is -2.53. The summed E-state index contributed by atoms with van der Waals surface area (Å²) in [6, 6.07) is 12.9. The Kier molecular flexibility index (Phi) is 12.3. The van der Waals surface area contributed by atoms with E-state index in [2.05, 4.69) is 0 Å². The third-order valence-electron chi connectivity index (χ3n) is 6.79. The monoisotopic (exact) mass is 555 g/mol. The van der Waals surface area contributed by atoms with Gasteiger partial charge in [0.2, 0.25) is 0 Å². The molecule has 0 aromatic heterocycles. The second-order valence-corrected chi connectivity index (χ2v) is 10.6. The highest BCUT2D eigenvalue weighted by Gasteiger charge is 2.37. The van der Waals surface area contributed by atoms with Crippen molar-refractivity contribution in [3.8, 4) is 11.5 Å². The van der Waals surface area contributed by atoms with Gasteiger partial charge < -0.3 is 25.1 Å². The van der Waals surface area contributed by atoms with Gasteiger partial charge in [0, 0.05) is 25.7 Å². The van der Waals surface area contributed by atoms with E-state index in [1.807, 2.05) is 27.7 Å². The zero-order valence-electron chi connectivity index (χ0n) is 24.0. The molecule has 0 saturated carbocycles. The van der Waals surface area contributed by atoms with Crippen molar-refractivity contribution >= 4 is 23.9 Å². The molecular formula is C31H41NO8. The third kappa shape index (κ3) is 10.1. The molecule has 0 spiro atoms. The van der Waals surface area contributed by atoms with E-state index >= 15 is 0 Å². The second-order valence-electron chi connectivity index (χ2n) is 10.6. The van der Waals surface area contributed by atoms with Crippen molar-refractivity contribution in [2.24, 2.45) is 17.6 Å². The number of rotatable bonds is 15. The van der Waals surface area contributed by atoms with Gasteiger partial charge in [-0.2, -0.15) is 0 Å². The molecule has 3 unspecified atom stereocenters. The van der Waals surface area contributed by atoms with Crippen LogP contribution < -0.4 is 15.2 Å². The minimum Gasteiger partial charge on any atom is -0.480 e. The minimum absolute atomic E-state index is 0.0135. The predicted octanol–water partition coefficient (Wildman–Crippen LogP) is 5.33. The molecule has 0 radical (unpaired) electrons. The number of nitrogens with two attached hydrogens (primary N) is 1. The highest BCUT2D eigenvalue weighted by molar-refractivity contribution is 5.89. The number of ether oxygens (including phenoxy) is 3. The largest absolute Gasteiger partial charge is 0.480 e. The number of carbonyl (C=O) groups excluding carboxylic acids is 3. The summed E-state index contributed by atoms with van der Waals surface area (Å²) in [6.07, 6.45) is 0.819. The van der Waals surface area contributed by atoms with Crippen molar-refractivity contribution in [3.63, 3.8) is 0 Å². The Hall–Kier alpha value is -3.72. The molecule has 218 valence electrons. The van der Waals surface area contributed by atoms with Crippen LogP contribution in [0, 0.1) is 11.8 Å². The number of carbonyl (C=O) groups is 4. The molecule has 2 rings (SSSR count). The van der Waals surface area contributed by atoms with Crippen LogP contribution in [0.15, 0.2) is 48.5 Å². The molecule has 0 saturated heterocycles. The summed E-state index contributed by atoms with van der Waals surface area (Å²) in [4.78, 5) is 49.7. The Balaban J connectivity index is 2.26. The molecule has 40 heavy (non-hydrogen) atoms. The predicted molar refractivity (Wildman–Crippen MR) is 150 cm³/mol. The van der Waals surface area contributed by atoms with Crippen LogP contribution >= 0.6 is 0 Å². The lowest BCUT2D eigenvalue weighted by Crippen LogP contribution is -2.52. The van der Waals surface area contributed by atoms with Gasteiger partial charge in [0.15, 0.2) is 11.5 Å². The standard InChI is InChI=1S/C31H41NO8/c1-6-20(3)15-27(33)39-25-14-13-23(17-26(25)40-28(34)16-21(4)7-2)19-31(32,30(36)37)18-22(5)38-29(35)24-11-9-8-10-12-24/h8-14,17,20-22H,6-7,15-16,18-19,32H2,1-5H3,(H,36,37)/t20?,21?,22-,31?/m0/s1. The van der Waals surface area contributed by atoms with E-state index in [9.17, 15) is 24.3 Å². The normalized spacial score (nSPS) is 14.8. The van der Waals surface area contributed by atoms with Gasteiger partial charge in [-0.1, -0.05) is 64.8 Å². The first-order chi connectivity index (χ1) is 18.9. The fourth-order valence-corrected chi connectivity index (χ4v) is 3.99. The van der Waals surface area contributed by atoms with Crippen molar-refractivity contribution in [1.29, 1.82) is 0 Å². The molecule has 9 nitrogen and oxygen atoms in total. The van der Waals surface area contributed by atoms with Crippen LogP contribution in [0.2, 0.25) is 0 Å². The van der Waals surface area contributed by atoms with Crippen molar-refractivity contribution in [1.82, 2.24) is 0 Å². The maximum absolute atomic E-state index is 12.6. The summed E-state index contributed by atoms with van der Waals surface area (Å²) >= 11 is 0. The van der Waals surface area contributed by atoms with Crippen LogP contribution in [0.4, 0.5) is 0 Å². The quantitative estimate of drug-likeness (QED) is 0.220. The molecule has 2 aromatic rings. The molecule has 9 heteroatoms. The third-order valence-corrected chi connectivity index (χ3v) is 6.79. The summed E-state index contributed by atoms with van der Waals surface area (Å²) in [6.45, 7) is 9.37. The first kappa shape index (κ1) is 32.5. The summed E-state index contributed by atoms with van der Waals surface area (Å²) in [5.41, 5.74) is 5.31. The lowest BCUT2D eigenvalue weighted by atomic mass is 9.86. The number of carboxylic acid groups (broad SMARTS) is 1. The maximum atomic E-state index is 12.6. The van der Waals surface area contributed by atoms with E-state index in [1.54, 1.807) is 43.3 Å². The average molecular weight is 556 g/mol. The van der Waals surface area contributed by atoms with Crippen molar-refractivity contribution < 1.29 is 38.5 Å². The van der Waals surface area contributed by atoms with Gasteiger partial charge in [0.25, 0.3) is 0 Å². The van der Waals surface area contributed by atoms with Crippen LogP contribution in [0.5, 0.6) is 11.5 Å². The number of aliphatic carboxylic acids is 1. The van der Waals surface area contributed by atoms with Gasteiger partial charge in [0.05, 0.1) is 5.56 Å². The van der Waals surface area contributed by atoms with Crippen LogP contribution in [0.3, 0.4) is 0 Å². The SMILES string of the molecule is CCC(C)CC(=O)Oc1ccc(CC(N)(C[C@H](C)OC(=O)c2ccccc2)C(=O)O)cc1OC(=O)CC(C)CC. The van der Waals surface area contributed by atoms with Crippen LogP contribution in [0.25, 0.3) is 0 Å². The van der Waals surface area contributed by atoms with Crippen LogP contribution in [-0.4, -0.2) is 40.6 Å². The summed E-state index contributed by atoms with van der Waals surface area (Å²) < 4.78 is 16.5. The average Bonchev–Trinajstić information content (AvgIpc) is 2.90. The number of benzene rings is 2. The van der Waals surface area contributed by atoms with Gasteiger partial charge in [-0.25, -0.2) is 4.79 Å². The van der Waals surface area contributed by atoms with Gasteiger partial charge >= 0.3 is 23.9 Å². The summed E-state index contributed by atoms with van der Waals surface area (Å²) in [5, 5.41) is 10.00. The van der Waals surface area contributed by atoms with Gasteiger partial charge in [0.1, 0.15) is 11.6 Å². The second kappa shape index (κ2) is 15.2. The van der Waals surface area contributed by atoms with E-state index in [-0.39, 0.29) is 49.0 Å². The number of carboxylic acids is 1. The van der Waals surface area contributed by atoms with Gasteiger partial charge in [-0.3, -0.25) is 14.4 Å². The van der Waals surface area contributed by atoms with Crippen LogP contribution in [-0.2, 0) is 25.5 Å². The fourth-order valence-electron chi connectivity index (χ4n) is 3.99. The van der Waals surface area contributed by atoms with E-state index in [0.29, 0.717) is 11.1 Å². The Morgan fingerprint density at radius 3 is 1.93 bits per heavy atom. The van der Waals surface area contributed by atoms with E-state index in [1.165, 1.54) is 12.1 Å². The zero-order valence-corrected chi connectivity index (χ0v) is 24.0. The number of esters is 3. The molecule has 0 aliphatic heterocycles. The first-order valence-electron chi connectivity index (χ1n) is 13.7. The molecule has 4 atom stereocenters. The zero-order chi connectivity index (χ0) is 29.9. The number of hydrogen-bond donors (Lipinski definition) is 2. The number of hydrogen-bond acceptors (Lipinski definition) is 8. The highest BCUT2D eigenvalue weighted by atomic mass is 16.6. The lowest BCUT2D eigenvalue weighted by Gasteiger charge is -2.28. The fraction of sp³-hybridized carbons (Fsp3) is 0.484. The molecule has 2 aromatic carbocycles. The van der Waals surface area contributed by atoms with E-state index in [4.69, 9.17) is 19.9 Å². The lowest BCUT2D eigenvalue weighted by molar-refractivity contribution is -0.144. The van der Waals surface area contributed by atoms with E-state index < -0.39 is 35.5 Å². The van der Waals surface area contributed by atoms with Crippen molar-refractivity contribution in [3.05, 3.63) is 59.7 Å². The van der Waals surface area contributed by atoms with Gasteiger partial charge in [-0.05, 0) is 48.6 Å². The van der Waals surface area contributed by atoms with Crippen molar-refractivity contribution in [2.45, 2.75) is 84.8 Å². The molecule has 0 aliphatic rings. The molecule has 0 heterocycles. The Bertz CT molecular complexity index is 1170. The first-order valence-corrected chi connectivity index (χ1v) is 13.7. The molecule has 0 fully saturated rings. The van der Waals surface area contributed by atoms with E-state index in [0.717, 1.165) is 12.8 Å². The summed E-state index contributed by atoms with van der Waals surface area (Å²) in [7, 11) is 0. The molecule has 0 bridgehead atoms. The van der Waals surface area contributed by atoms with Crippen LogP contribution in [0.1, 0.15) is 82.6 Å².